The lowest BCUT2D eigenvalue weighted by Crippen LogP contribution is -2.32. The summed E-state index contributed by atoms with van der Waals surface area (Å²) in [7, 11) is 0. The largest absolute Gasteiger partial charge is 0.480 e. The summed E-state index contributed by atoms with van der Waals surface area (Å²) < 4.78 is 0. The second kappa shape index (κ2) is 9.68. The van der Waals surface area contributed by atoms with Crippen molar-refractivity contribution >= 4 is 29.4 Å². The molecule has 9 heteroatoms. The Hall–Kier alpha value is -3.20. The van der Waals surface area contributed by atoms with Crippen molar-refractivity contribution in [3.8, 4) is 0 Å². The quantitative estimate of drug-likeness (QED) is 0.272. The zero-order chi connectivity index (χ0) is 18.0. The molecule has 0 radical (unpaired) electrons. The summed E-state index contributed by atoms with van der Waals surface area (Å²) >= 11 is 0. The predicted molar refractivity (Wildman–Crippen MR) is 79.8 cm³/mol. The zero-order valence-electron chi connectivity index (χ0n) is 11.9. The molecule has 0 fully saturated rings. The molecule has 7 N–H and O–H groups in total. The maximum atomic E-state index is 11.6. The maximum absolute atomic E-state index is 11.6. The van der Waals surface area contributed by atoms with E-state index >= 15 is 0 Å². The van der Waals surface area contributed by atoms with Gasteiger partial charge in [-0.25, -0.2) is 9.59 Å². The van der Waals surface area contributed by atoms with E-state index in [0.717, 1.165) is 0 Å². The van der Waals surface area contributed by atoms with Crippen molar-refractivity contribution in [3.05, 3.63) is 42.0 Å². The highest BCUT2D eigenvalue weighted by Gasteiger charge is 2.18. The van der Waals surface area contributed by atoms with Crippen molar-refractivity contribution in [2.45, 2.75) is 12.5 Å². The number of carbonyl (C=O) groups is 4. The Morgan fingerprint density at radius 1 is 1.00 bits per heavy atom. The van der Waals surface area contributed by atoms with E-state index in [1.54, 1.807) is 24.3 Å². The molecule has 23 heavy (non-hydrogen) atoms. The van der Waals surface area contributed by atoms with E-state index in [9.17, 15) is 19.2 Å². The van der Waals surface area contributed by atoms with Gasteiger partial charge in [0.2, 0.25) is 0 Å². The number of ketones is 1. The molecule has 0 aromatic heterocycles. The number of hydrogen-bond acceptors (Lipinski definition) is 6. The lowest BCUT2D eigenvalue weighted by atomic mass is 10.0. The van der Waals surface area contributed by atoms with Gasteiger partial charge < -0.3 is 26.8 Å². The zero-order valence-corrected chi connectivity index (χ0v) is 11.9. The number of aliphatic carboxylic acids is 3. The number of nitrogens with two attached hydrogens (primary N) is 2. The summed E-state index contributed by atoms with van der Waals surface area (Å²) in [4.78, 5) is 41.1. The fraction of sp³-hybridized carbons (Fsp3) is 0.143. The summed E-state index contributed by atoms with van der Waals surface area (Å²) in [6, 6.07) is 5.31. The number of carboxylic acid groups (broad SMARTS) is 3. The van der Waals surface area contributed by atoms with Crippen molar-refractivity contribution in [2.24, 2.45) is 5.73 Å². The minimum atomic E-state index is -1.26. The summed E-state index contributed by atoms with van der Waals surface area (Å²) in [6.07, 6.45) is 0.869. The van der Waals surface area contributed by atoms with E-state index in [0.29, 0.717) is 23.4 Å². The summed E-state index contributed by atoms with van der Waals surface area (Å²) in [6.45, 7) is 0. The van der Waals surface area contributed by atoms with Gasteiger partial charge in [-0.05, 0) is 12.1 Å². The first-order valence-corrected chi connectivity index (χ1v) is 6.15. The Morgan fingerprint density at radius 2 is 1.48 bits per heavy atom. The van der Waals surface area contributed by atoms with Crippen molar-refractivity contribution in [1.29, 1.82) is 0 Å². The molecule has 1 aromatic carbocycles. The van der Waals surface area contributed by atoms with E-state index in [1.165, 1.54) is 0 Å². The van der Waals surface area contributed by atoms with Crippen LogP contribution in [-0.2, 0) is 14.4 Å². The van der Waals surface area contributed by atoms with Crippen molar-refractivity contribution < 1.29 is 34.5 Å². The standard InChI is InChI=1S/C10H12N2O3.C4H4O4/c11-7-4-2-1-3-6(7)9(13)5-8(12)10(14)15;5-3(6)1-2-4(7)8/h1-4,8H,5,11-12H2,(H,14,15);1-2H,(H,5,6)(H,7,8)/b;2-1+/t8-;/m0./s1. The van der Waals surface area contributed by atoms with Crippen LogP contribution in [0.1, 0.15) is 16.8 Å². The van der Waals surface area contributed by atoms with Crippen molar-refractivity contribution in [2.75, 3.05) is 5.73 Å². The van der Waals surface area contributed by atoms with Crippen LogP contribution in [0.3, 0.4) is 0 Å². The third-order valence-electron chi connectivity index (χ3n) is 2.35. The maximum Gasteiger partial charge on any atom is 0.328 e. The Morgan fingerprint density at radius 3 is 1.87 bits per heavy atom. The highest BCUT2D eigenvalue weighted by atomic mass is 16.4. The van der Waals surface area contributed by atoms with Crippen molar-refractivity contribution in [1.82, 2.24) is 0 Å². The average molecular weight is 324 g/mol. The molecule has 0 spiro atoms. The molecule has 0 aliphatic heterocycles. The van der Waals surface area contributed by atoms with Crippen LogP contribution < -0.4 is 11.5 Å². The average Bonchev–Trinajstić information content (AvgIpc) is 2.46. The summed E-state index contributed by atoms with van der Waals surface area (Å²) in [5, 5.41) is 24.2. The number of hydrogen-bond donors (Lipinski definition) is 5. The molecule has 9 nitrogen and oxygen atoms in total. The molecular formula is C14H16N2O7. The molecule has 0 saturated carbocycles. The van der Waals surface area contributed by atoms with Gasteiger partial charge in [0.05, 0.1) is 0 Å². The third kappa shape index (κ3) is 8.63. The van der Waals surface area contributed by atoms with Gasteiger partial charge in [0.1, 0.15) is 6.04 Å². The molecule has 124 valence electrons. The third-order valence-corrected chi connectivity index (χ3v) is 2.35. The van der Waals surface area contributed by atoms with Gasteiger partial charge in [-0.3, -0.25) is 9.59 Å². The topological polar surface area (TPSA) is 181 Å². The first-order valence-electron chi connectivity index (χ1n) is 6.15. The predicted octanol–water partition coefficient (Wildman–Crippen LogP) is -0.0347. The van der Waals surface area contributed by atoms with Gasteiger partial charge in [0.25, 0.3) is 0 Å². The van der Waals surface area contributed by atoms with Crippen LogP contribution in [0, 0.1) is 0 Å². The minimum absolute atomic E-state index is 0.246. The SMILES string of the molecule is Nc1ccccc1C(=O)C[C@H](N)C(=O)O.O=C(O)/C=C/C(=O)O. The van der Waals surface area contributed by atoms with E-state index < -0.39 is 23.9 Å². The first kappa shape index (κ1) is 19.8. The first-order chi connectivity index (χ1) is 10.6. The van der Waals surface area contributed by atoms with Crippen LogP contribution in [0.4, 0.5) is 5.69 Å². The number of Topliss-reactive ketones (excluding diaryl/α,β-unsaturated/α-hetero) is 1. The number of carbonyl (C=O) groups excluding carboxylic acids is 1. The molecule has 0 aliphatic carbocycles. The van der Waals surface area contributed by atoms with Crippen LogP contribution in [0.2, 0.25) is 0 Å². The van der Waals surface area contributed by atoms with Crippen LogP contribution in [-0.4, -0.2) is 45.1 Å². The van der Waals surface area contributed by atoms with Gasteiger partial charge in [-0.15, -0.1) is 0 Å². The van der Waals surface area contributed by atoms with Gasteiger partial charge in [0.15, 0.2) is 5.78 Å². The molecule has 0 unspecified atom stereocenters. The molecular weight excluding hydrogens is 308 g/mol. The highest BCUT2D eigenvalue weighted by Crippen LogP contribution is 2.13. The van der Waals surface area contributed by atoms with Gasteiger partial charge in [-0.2, -0.15) is 0 Å². The molecule has 1 rings (SSSR count). The number of nitrogen functional groups attached to an aromatic ring is 1. The summed E-state index contributed by atoms with van der Waals surface area (Å²) in [5.41, 5.74) is 11.5. The second-order valence-electron chi connectivity index (χ2n) is 4.17. The Labute approximate surface area is 130 Å². The highest BCUT2D eigenvalue weighted by molar-refractivity contribution is 6.02. The Kier molecular flexibility index (Phi) is 8.34. The van der Waals surface area contributed by atoms with E-state index in [1.807, 2.05) is 0 Å². The molecule has 0 saturated heterocycles. The van der Waals surface area contributed by atoms with Gasteiger partial charge in [-0.1, -0.05) is 12.1 Å². The van der Waals surface area contributed by atoms with Crippen molar-refractivity contribution in [3.63, 3.8) is 0 Å². The number of benzene rings is 1. The number of rotatable bonds is 6. The Balaban J connectivity index is 0.000000515. The van der Waals surface area contributed by atoms with Gasteiger partial charge in [0, 0.05) is 29.8 Å². The molecule has 0 heterocycles. The monoisotopic (exact) mass is 324 g/mol. The Bertz CT molecular complexity index is 609. The van der Waals surface area contributed by atoms with Crippen LogP contribution in [0.25, 0.3) is 0 Å². The van der Waals surface area contributed by atoms with E-state index in [-0.39, 0.29) is 12.2 Å². The molecule has 0 bridgehead atoms. The summed E-state index contributed by atoms with van der Waals surface area (Å²) in [5.74, 6) is -4.07. The van der Waals surface area contributed by atoms with Crippen LogP contribution in [0.5, 0.6) is 0 Å². The molecule has 1 aromatic rings. The minimum Gasteiger partial charge on any atom is -0.480 e. The number of para-hydroxylation sites is 1. The fourth-order valence-corrected chi connectivity index (χ4v) is 1.29. The van der Waals surface area contributed by atoms with Crippen LogP contribution in [0.15, 0.2) is 36.4 Å². The number of anilines is 1. The normalized spacial score (nSPS) is 11.2. The molecule has 1 atom stereocenters. The van der Waals surface area contributed by atoms with Crippen LogP contribution >= 0.6 is 0 Å². The second-order valence-corrected chi connectivity index (χ2v) is 4.17. The number of carboxylic acids is 3. The lowest BCUT2D eigenvalue weighted by molar-refractivity contribution is -0.138. The lowest BCUT2D eigenvalue weighted by Gasteiger charge is -2.07. The fourth-order valence-electron chi connectivity index (χ4n) is 1.29. The van der Waals surface area contributed by atoms with E-state index in [4.69, 9.17) is 26.8 Å². The molecule has 0 aliphatic rings. The molecule has 0 amide bonds. The van der Waals surface area contributed by atoms with E-state index in [2.05, 4.69) is 0 Å². The van der Waals surface area contributed by atoms with Gasteiger partial charge >= 0.3 is 17.9 Å². The smallest absolute Gasteiger partial charge is 0.328 e.